The zero-order chi connectivity index (χ0) is 11.8. The molecule has 1 heterocycles. The molecular formula is C12H20N2O2. The standard InChI is InChI=1S/C12H20N2O2/c1-9(2)12(4-5-12)8-14-6-3-10(15)13-7-11(14)16/h9H,3-8H2,1-2H3,(H,13,15). The summed E-state index contributed by atoms with van der Waals surface area (Å²) in [5, 5.41) is 2.63. The van der Waals surface area contributed by atoms with Crippen molar-refractivity contribution in [3.8, 4) is 0 Å². The van der Waals surface area contributed by atoms with E-state index < -0.39 is 0 Å². The van der Waals surface area contributed by atoms with Crippen molar-refractivity contribution < 1.29 is 9.59 Å². The lowest BCUT2D eigenvalue weighted by atomic mass is 9.92. The quantitative estimate of drug-likeness (QED) is 0.770. The predicted octanol–water partition coefficient (Wildman–Crippen LogP) is 0.771. The van der Waals surface area contributed by atoms with Crippen LogP contribution in [0.15, 0.2) is 0 Å². The molecule has 2 aliphatic rings. The summed E-state index contributed by atoms with van der Waals surface area (Å²) in [6.07, 6.45) is 2.88. The van der Waals surface area contributed by atoms with E-state index in [1.54, 1.807) is 0 Å². The summed E-state index contributed by atoms with van der Waals surface area (Å²) in [6, 6.07) is 0. The summed E-state index contributed by atoms with van der Waals surface area (Å²) >= 11 is 0. The lowest BCUT2D eigenvalue weighted by Gasteiger charge is -2.28. The fourth-order valence-electron chi connectivity index (χ4n) is 2.36. The lowest BCUT2D eigenvalue weighted by molar-refractivity contribution is -0.131. The van der Waals surface area contributed by atoms with Gasteiger partial charge in [-0.1, -0.05) is 13.8 Å². The summed E-state index contributed by atoms with van der Waals surface area (Å²) in [4.78, 5) is 24.9. The summed E-state index contributed by atoms with van der Waals surface area (Å²) in [7, 11) is 0. The lowest BCUT2D eigenvalue weighted by Crippen LogP contribution is -2.40. The molecule has 1 aliphatic carbocycles. The second kappa shape index (κ2) is 4.07. The van der Waals surface area contributed by atoms with Crippen LogP contribution < -0.4 is 5.32 Å². The van der Waals surface area contributed by atoms with Crippen LogP contribution in [0.1, 0.15) is 33.1 Å². The Balaban J connectivity index is 1.98. The molecule has 0 aromatic rings. The van der Waals surface area contributed by atoms with Crippen molar-refractivity contribution >= 4 is 11.8 Å². The molecule has 1 saturated carbocycles. The number of carbonyl (C=O) groups excluding carboxylic acids is 2. The average Bonchev–Trinajstić information content (AvgIpc) is 3.01. The van der Waals surface area contributed by atoms with E-state index in [0.717, 1.165) is 6.54 Å². The van der Waals surface area contributed by atoms with Crippen LogP contribution in [-0.4, -0.2) is 36.3 Å². The van der Waals surface area contributed by atoms with E-state index in [4.69, 9.17) is 0 Å². The highest BCUT2D eigenvalue weighted by atomic mass is 16.2. The van der Waals surface area contributed by atoms with Crippen molar-refractivity contribution in [1.29, 1.82) is 0 Å². The smallest absolute Gasteiger partial charge is 0.241 e. The minimum absolute atomic E-state index is 0.00903. The molecule has 90 valence electrons. The van der Waals surface area contributed by atoms with Crippen LogP contribution in [0, 0.1) is 11.3 Å². The third kappa shape index (κ3) is 2.20. The van der Waals surface area contributed by atoms with Gasteiger partial charge in [0.1, 0.15) is 0 Å². The van der Waals surface area contributed by atoms with Gasteiger partial charge in [-0.3, -0.25) is 9.59 Å². The summed E-state index contributed by atoms with van der Waals surface area (Å²) in [5.74, 6) is 0.676. The molecule has 1 saturated heterocycles. The normalized spacial score (nSPS) is 24.3. The van der Waals surface area contributed by atoms with Gasteiger partial charge in [0.15, 0.2) is 0 Å². The third-order valence-corrected chi connectivity index (χ3v) is 4.02. The third-order valence-electron chi connectivity index (χ3n) is 4.02. The van der Waals surface area contributed by atoms with E-state index in [-0.39, 0.29) is 18.4 Å². The molecule has 2 amide bonds. The molecular weight excluding hydrogens is 204 g/mol. The minimum atomic E-state index is -0.00903. The molecule has 0 atom stereocenters. The van der Waals surface area contributed by atoms with Gasteiger partial charge in [-0.25, -0.2) is 0 Å². The first-order valence-corrected chi connectivity index (χ1v) is 6.08. The van der Waals surface area contributed by atoms with Crippen LogP contribution in [0.4, 0.5) is 0 Å². The Labute approximate surface area is 96.4 Å². The van der Waals surface area contributed by atoms with Gasteiger partial charge in [0.05, 0.1) is 6.54 Å². The maximum atomic E-state index is 11.8. The van der Waals surface area contributed by atoms with Crippen molar-refractivity contribution in [2.24, 2.45) is 11.3 Å². The monoisotopic (exact) mass is 224 g/mol. The first kappa shape index (κ1) is 11.4. The Morgan fingerprint density at radius 2 is 2.06 bits per heavy atom. The Kier molecular flexibility index (Phi) is 2.91. The van der Waals surface area contributed by atoms with Crippen LogP contribution in [-0.2, 0) is 9.59 Å². The number of hydrogen-bond acceptors (Lipinski definition) is 2. The highest BCUT2D eigenvalue weighted by Crippen LogP contribution is 2.52. The number of nitrogens with zero attached hydrogens (tertiary/aromatic N) is 1. The highest BCUT2D eigenvalue weighted by Gasteiger charge is 2.47. The predicted molar refractivity (Wildman–Crippen MR) is 60.7 cm³/mol. The SMILES string of the molecule is CC(C)C1(CN2CCC(=O)NCC2=O)CC1. The van der Waals surface area contributed by atoms with Gasteiger partial charge in [0, 0.05) is 19.5 Å². The van der Waals surface area contributed by atoms with E-state index in [0.29, 0.717) is 24.3 Å². The summed E-state index contributed by atoms with van der Waals surface area (Å²) in [5.41, 5.74) is 0.336. The second-order valence-electron chi connectivity index (χ2n) is 5.36. The zero-order valence-electron chi connectivity index (χ0n) is 10.1. The Morgan fingerprint density at radius 1 is 1.38 bits per heavy atom. The maximum absolute atomic E-state index is 11.8. The van der Waals surface area contributed by atoms with Gasteiger partial charge >= 0.3 is 0 Å². The largest absolute Gasteiger partial charge is 0.347 e. The fraction of sp³-hybridized carbons (Fsp3) is 0.833. The first-order chi connectivity index (χ1) is 7.53. The van der Waals surface area contributed by atoms with E-state index in [9.17, 15) is 9.59 Å². The molecule has 4 nitrogen and oxygen atoms in total. The summed E-state index contributed by atoms with van der Waals surface area (Å²) < 4.78 is 0. The van der Waals surface area contributed by atoms with Crippen molar-refractivity contribution in [3.63, 3.8) is 0 Å². The highest BCUT2D eigenvalue weighted by molar-refractivity contribution is 5.87. The number of amides is 2. The van der Waals surface area contributed by atoms with Gasteiger partial charge < -0.3 is 10.2 Å². The topological polar surface area (TPSA) is 49.4 Å². The molecule has 16 heavy (non-hydrogen) atoms. The maximum Gasteiger partial charge on any atom is 0.241 e. The number of nitrogens with one attached hydrogen (secondary N) is 1. The van der Waals surface area contributed by atoms with Crippen molar-refractivity contribution in [2.45, 2.75) is 33.1 Å². The molecule has 0 aromatic heterocycles. The molecule has 2 fully saturated rings. The molecule has 0 unspecified atom stereocenters. The van der Waals surface area contributed by atoms with Crippen LogP contribution in [0.3, 0.4) is 0 Å². The van der Waals surface area contributed by atoms with Crippen LogP contribution >= 0.6 is 0 Å². The first-order valence-electron chi connectivity index (χ1n) is 6.08. The fourth-order valence-corrected chi connectivity index (χ4v) is 2.36. The van der Waals surface area contributed by atoms with Crippen LogP contribution in [0.25, 0.3) is 0 Å². The van der Waals surface area contributed by atoms with E-state index in [1.165, 1.54) is 12.8 Å². The molecule has 0 spiro atoms. The average molecular weight is 224 g/mol. The number of rotatable bonds is 3. The van der Waals surface area contributed by atoms with Gasteiger partial charge in [-0.15, -0.1) is 0 Å². The minimum Gasteiger partial charge on any atom is -0.347 e. The van der Waals surface area contributed by atoms with Gasteiger partial charge in [0.2, 0.25) is 11.8 Å². The van der Waals surface area contributed by atoms with Crippen molar-refractivity contribution in [1.82, 2.24) is 10.2 Å². The molecule has 0 radical (unpaired) electrons. The van der Waals surface area contributed by atoms with Crippen molar-refractivity contribution in [3.05, 3.63) is 0 Å². The van der Waals surface area contributed by atoms with E-state index >= 15 is 0 Å². The molecule has 2 rings (SSSR count). The Morgan fingerprint density at radius 3 is 2.62 bits per heavy atom. The zero-order valence-corrected chi connectivity index (χ0v) is 10.1. The van der Waals surface area contributed by atoms with Gasteiger partial charge in [0.25, 0.3) is 0 Å². The van der Waals surface area contributed by atoms with Crippen LogP contribution in [0.2, 0.25) is 0 Å². The van der Waals surface area contributed by atoms with E-state index in [1.807, 2.05) is 4.90 Å². The van der Waals surface area contributed by atoms with Crippen molar-refractivity contribution in [2.75, 3.05) is 19.6 Å². The molecule has 1 N–H and O–H groups in total. The van der Waals surface area contributed by atoms with Gasteiger partial charge in [-0.05, 0) is 24.2 Å². The Bertz CT molecular complexity index is 308. The number of hydrogen-bond donors (Lipinski definition) is 1. The molecule has 0 bridgehead atoms. The van der Waals surface area contributed by atoms with Gasteiger partial charge in [-0.2, -0.15) is 0 Å². The molecule has 0 aromatic carbocycles. The molecule has 4 heteroatoms. The molecule has 1 aliphatic heterocycles. The Hall–Kier alpha value is -1.06. The van der Waals surface area contributed by atoms with Crippen LogP contribution in [0.5, 0.6) is 0 Å². The van der Waals surface area contributed by atoms with E-state index in [2.05, 4.69) is 19.2 Å². The summed E-state index contributed by atoms with van der Waals surface area (Å²) in [6.45, 7) is 6.03. The number of carbonyl (C=O) groups is 2. The second-order valence-corrected chi connectivity index (χ2v) is 5.36.